The van der Waals surface area contributed by atoms with E-state index in [-0.39, 0.29) is 4.69 Å². The van der Waals surface area contributed by atoms with Crippen molar-refractivity contribution in [1.29, 1.82) is 0 Å². The first-order valence-corrected chi connectivity index (χ1v) is 4.56. The third kappa shape index (κ3) is 2.71. The van der Waals surface area contributed by atoms with Crippen LogP contribution in [0.4, 0.5) is 0 Å². The predicted molar refractivity (Wildman–Crippen MR) is 49.6 cm³/mol. The second-order valence-electron chi connectivity index (χ2n) is 1.96. The molecule has 4 heteroatoms. The third-order valence-corrected chi connectivity index (χ3v) is 2.14. The summed E-state index contributed by atoms with van der Waals surface area (Å²) in [5.41, 5.74) is 0.759. The lowest BCUT2D eigenvalue weighted by Crippen LogP contribution is -1.96. The van der Waals surface area contributed by atoms with Crippen molar-refractivity contribution in [1.82, 2.24) is 4.98 Å². The molecular formula is C7H5Br2NO. The average molecular weight is 279 g/mol. The fourth-order valence-corrected chi connectivity index (χ4v) is 1.34. The molecule has 1 aromatic heterocycles. The van der Waals surface area contributed by atoms with Crippen LogP contribution >= 0.6 is 31.9 Å². The first kappa shape index (κ1) is 8.87. The number of halogens is 2. The van der Waals surface area contributed by atoms with Gasteiger partial charge in [-0.25, -0.2) is 0 Å². The van der Waals surface area contributed by atoms with E-state index < -0.39 is 0 Å². The predicted octanol–water partition coefficient (Wildman–Crippen LogP) is 2.31. The number of carbonyl (C=O) groups is 1. The summed E-state index contributed by atoms with van der Waals surface area (Å²) in [5.74, 6) is 0. The Morgan fingerprint density at radius 1 is 1.64 bits per heavy atom. The van der Waals surface area contributed by atoms with E-state index in [0.29, 0.717) is 6.42 Å². The molecule has 0 spiro atoms. The molecule has 0 amide bonds. The molecule has 0 aromatic carbocycles. The number of pyridine rings is 1. The van der Waals surface area contributed by atoms with E-state index >= 15 is 0 Å². The smallest absolute Gasteiger partial charge is 0.203 e. The Balaban J connectivity index is 2.86. The van der Waals surface area contributed by atoms with E-state index in [4.69, 9.17) is 0 Å². The van der Waals surface area contributed by atoms with Crippen LogP contribution < -0.4 is 0 Å². The zero-order chi connectivity index (χ0) is 8.27. The normalized spacial score (nSPS) is 9.64. The zero-order valence-electron chi connectivity index (χ0n) is 5.55. The third-order valence-electron chi connectivity index (χ3n) is 1.14. The van der Waals surface area contributed by atoms with Crippen LogP contribution in [0.1, 0.15) is 5.69 Å². The number of rotatable bonds is 2. The van der Waals surface area contributed by atoms with Crippen LogP contribution in [0.15, 0.2) is 22.8 Å². The minimum Gasteiger partial charge on any atom is -0.286 e. The van der Waals surface area contributed by atoms with Crippen molar-refractivity contribution >= 4 is 36.6 Å². The molecule has 11 heavy (non-hydrogen) atoms. The second kappa shape index (κ2) is 3.97. The fourth-order valence-electron chi connectivity index (χ4n) is 0.680. The Hall–Kier alpha value is -0.220. The highest BCUT2D eigenvalue weighted by Crippen LogP contribution is 2.14. The molecule has 0 aliphatic carbocycles. The van der Waals surface area contributed by atoms with Gasteiger partial charge in [-0.3, -0.25) is 9.78 Å². The molecule has 2 nitrogen and oxygen atoms in total. The summed E-state index contributed by atoms with van der Waals surface area (Å²) in [5, 5.41) is 0. The van der Waals surface area contributed by atoms with Gasteiger partial charge in [0.05, 0.1) is 12.1 Å². The number of hydrogen-bond acceptors (Lipinski definition) is 2. The van der Waals surface area contributed by atoms with Gasteiger partial charge in [-0.2, -0.15) is 0 Å². The van der Waals surface area contributed by atoms with Crippen LogP contribution in [0.3, 0.4) is 0 Å². The van der Waals surface area contributed by atoms with Gasteiger partial charge in [0.2, 0.25) is 4.69 Å². The molecular weight excluding hydrogens is 274 g/mol. The van der Waals surface area contributed by atoms with Gasteiger partial charge in [0, 0.05) is 10.7 Å². The van der Waals surface area contributed by atoms with Crippen molar-refractivity contribution in [2.45, 2.75) is 6.42 Å². The molecule has 0 unspecified atom stereocenters. The molecule has 0 saturated heterocycles. The Morgan fingerprint density at radius 2 is 2.36 bits per heavy atom. The maximum Gasteiger partial charge on any atom is 0.203 e. The van der Waals surface area contributed by atoms with Crippen molar-refractivity contribution in [2.24, 2.45) is 0 Å². The van der Waals surface area contributed by atoms with E-state index in [1.807, 2.05) is 12.1 Å². The summed E-state index contributed by atoms with van der Waals surface area (Å²) >= 11 is 6.13. The van der Waals surface area contributed by atoms with Crippen molar-refractivity contribution in [3.05, 3.63) is 28.5 Å². The highest BCUT2D eigenvalue weighted by atomic mass is 79.9. The Kier molecular flexibility index (Phi) is 3.20. The summed E-state index contributed by atoms with van der Waals surface area (Å²) < 4.78 is 0.810. The van der Waals surface area contributed by atoms with Crippen molar-refractivity contribution in [2.75, 3.05) is 0 Å². The van der Waals surface area contributed by atoms with Gasteiger partial charge in [0.15, 0.2) is 0 Å². The van der Waals surface area contributed by atoms with Crippen LogP contribution in [0.2, 0.25) is 0 Å². The quantitative estimate of drug-likeness (QED) is 0.777. The van der Waals surface area contributed by atoms with Crippen molar-refractivity contribution < 1.29 is 4.79 Å². The Bertz CT molecular complexity index is 275. The van der Waals surface area contributed by atoms with Gasteiger partial charge in [-0.1, -0.05) is 0 Å². The van der Waals surface area contributed by atoms with Crippen molar-refractivity contribution in [3.8, 4) is 0 Å². The SMILES string of the molecule is O=C(Br)Cc1ncccc1Br. The van der Waals surface area contributed by atoms with Crippen LogP contribution in [0.25, 0.3) is 0 Å². The monoisotopic (exact) mass is 277 g/mol. The Labute approximate surface area is 81.3 Å². The standard InChI is InChI=1S/C7H5Br2NO/c8-5-2-1-3-10-6(5)4-7(9)11/h1-3H,4H2. The van der Waals surface area contributed by atoms with Crippen LogP contribution in [-0.2, 0) is 11.2 Å². The van der Waals surface area contributed by atoms with E-state index in [0.717, 1.165) is 10.2 Å². The maximum atomic E-state index is 10.6. The first-order valence-electron chi connectivity index (χ1n) is 2.98. The van der Waals surface area contributed by atoms with Crippen molar-refractivity contribution in [3.63, 3.8) is 0 Å². The molecule has 1 rings (SSSR count). The zero-order valence-corrected chi connectivity index (χ0v) is 8.72. The minimum absolute atomic E-state index is 0.0584. The van der Waals surface area contributed by atoms with E-state index in [1.165, 1.54) is 0 Å². The van der Waals surface area contributed by atoms with E-state index in [9.17, 15) is 4.79 Å². The number of nitrogens with zero attached hydrogens (tertiary/aromatic N) is 1. The summed E-state index contributed by atoms with van der Waals surface area (Å²) in [6.07, 6.45) is 1.98. The molecule has 58 valence electrons. The van der Waals surface area contributed by atoms with Gasteiger partial charge in [-0.05, 0) is 44.0 Å². The van der Waals surface area contributed by atoms with Crippen LogP contribution in [-0.4, -0.2) is 9.68 Å². The molecule has 0 aliphatic rings. The summed E-state index contributed by atoms with van der Waals surface area (Å²) in [4.78, 5) is 14.6. The van der Waals surface area contributed by atoms with Gasteiger partial charge >= 0.3 is 0 Å². The number of carbonyl (C=O) groups excluding carboxylic acids is 1. The fraction of sp³-hybridized carbons (Fsp3) is 0.143. The highest BCUT2D eigenvalue weighted by Gasteiger charge is 2.03. The molecule has 0 atom stereocenters. The minimum atomic E-state index is -0.0584. The Morgan fingerprint density at radius 3 is 2.91 bits per heavy atom. The molecule has 1 heterocycles. The lowest BCUT2D eigenvalue weighted by molar-refractivity contribution is -0.109. The summed E-state index contributed by atoms with van der Waals surface area (Å²) in [6.45, 7) is 0. The van der Waals surface area contributed by atoms with Crippen LogP contribution in [0, 0.1) is 0 Å². The molecule has 1 aromatic rings. The van der Waals surface area contributed by atoms with Gasteiger partial charge in [0.25, 0.3) is 0 Å². The van der Waals surface area contributed by atoms with Gasteiger partial charge in [0.1, 0.15) is 0 Å². The van der Waals surface area contributed by atoms with E-state index in [2.05, 4.69) is 36.8 Å². The molecule has 0 N–H and O–H groups in total. The molecule has 0 fully saturated rings. The summed E-state index contributed by atoms with van der Waals surface area (Å²) in [6, 6.07) is 3.67. The molecule has 0 bridgehead atoms. The van der Waals surface area contributed by atoms with Gasteiger partial charge in [-0.15, -0.1) is 0 Å². The molecule has 0 aliphatic heterocycles. The lowest BCUT2D eigenvalue weighted by atomic mass is 10.3. The number of aromatic nitrogens is 1. The first-order chi connectivity index (χ1) is 5.20. The maximum absolute atomic E-state index is 10.6. The molecule has 0 radical (unpaired) electrons. The molecule has 0 saturated carbocycles. The van der Waals surface area contributed by atoms with Crippen LogP contribution in [0.5, 0.6) is 0 Å². The topological polar surface area (TPSA) is 30.0 Å². The summed E-state index contributed by atoms with van der Waals surface area (Å²) in [7, 11) is 0. The second-order valence-corrected chi connectivity index (χ2v) is 3.70. The average Bonchev–Trinajstić information content (AvgIpc) is 1.93. The van der Waals surface area contributed by atoms with E-state index in [1.54, 1.807) is 6.20 Å². The highest BCUT2D eigenvalue weighted by molar-refractivity contribution is 9.18. The lowest BCUT2D eigenvalue weighted by Gasteiger charge is -1.97. The number of hydrogen-bond donors (Lipinski definition) is 0. The largest absolute Gasteiger partial charge is 0.286 e. The van der Waals surface area contributed by atoms with Gasteiger partial charge < -0.3 is 0 Å².